The molecule has 0 unspecified atom stereocenters. The second kappa shape index (κ2) is 4.14. The van der Waals surface area contributed by atoms with Gasteiger partial charge in [0.15, 0.2) is 0 Å². The van der Waals surface area contributed by atoms with Crippen molar-refractivity contribution in [2.24, 2.45) is 11.1 Å². The van der Waals surface area contributed by atoms with Crippen molar-refractivity contribution in [1.82, 2.24) is 0 Å². The number of amides is 1. The van der Waals surface area contributed by atoms with Gasteiger partial charge in [0, 0.05) is 12.2 Å². The number of benzene rings is 1. The standard InChI is InChI=1S/C12H16N2O2/c1-16-10-4-2-9(3-5-10)14-11(15)12(8-13)6-7-12/h2-5H,6-8,13H2,1H3,(H,14,15). The Kier molecular flexibility index (Phi) is 2.83. The maximum atomic E-state index is 11.9. The van der Waals surface area contributed by atoms with Crippen LogP contribution >= 0.6 is 0 Å². The maximum Gasteiger partial charge on any atom is 0.231 e. The molecule has 4 heteroatoms. The van der Waals surface area contributed by atoms with Crippen LogP contribution in [0.15, 0.2) is 24.3 Å². The molecule has 0 aromatic heterocycles. The molecule has 1 amide bonds. The molecule has 0 atom stereocenters. The minimum absolute atomic E-state index is 0.0279. The quantitative estimate of drug-likeness (QED) is 0.805. The van der Waals surface area contributed by atoms with E-state index in [-0.39, 0.29) is 11.3 Å². The lowest BCUT2D eigenvalue weighted by Crippen LogP contribution is -2.30. The summed E-state index contributed by atoms with van der Waals surface area (Å²) < 4.78 is 5.04. The molecule has 0 aliphatic heterocycles. The number of anilines is 1. The van der Waals surface area contributed by atoms with Gasteiger partial charge in [-0.25, -0.2) is 0 Å². The number of hydrogen-bond acceptors (Lipinski definition) is 3. The maximum absolute atomic E-state index is 11.9. The molecule has 1 aliphatic carbocycles. The van der Waals surface area contributed by atoms with Crippen molar-refractivity contribution in [3.63, 3.8) is 0 Å². The van der Waals surface area contributed by atoms with E-state index < -0.39 is 0 Å². The zero-order valence-electron chi connectivity index (χ0n) is 9.32. The van der Waals surface area contributed by atoms with Gasteiger partial charge in [-0.1, -0.05) is 0 Å². The second-order valence-electron chi connectivity index (χ2n) is 4.17. The first-order valence-electron chi connectivity index (χ1n) is 5.36. The van der Waals surface area contributed by atoms with Crippen molar-refractivity contribution in [1.29, 1.82) is 0 Å². The molecule has 16 heavy (non-hydrogen) atoms. The number of hydrogen-bond donors (Lipinski definition) is 2. The van der Waals surface area contributed by atoms with Crippen LogP contribution in [0.4, 0.5) is 5.69 Å². The SMILES string of the molecule is COc1ccc(NC(=O)C2(CN)CC2)cc1. The van der Waals surface area contributed by atoms with E-state index in [0.29, 0.717) is 6.54 Å². The number of nitrogens with one attached hydrogen (secondary N) is 1. The molecule has 1 aromatic carbocycles. The molecular formula is C12H16N2O2. The predicted molar refractivity (Wildman–Crippen MR) is 62.3 cm³/mol. The Morgan fingerprint density at radius 2 is 2.06 bits per heavy atom. The summed E-state index contributed by atoms with van der Waals surface area (Å²) in [5.74, 6) is 0.804. The van der Waals surface area contributed by atoms with Gasteiger partial charge in [-0.3, -0.25) is 4.79 Å². The molecule has 1 fully saturated rings. The summed E-state index contributed by atoms with van der Waals surface area (Å²) in [6, 6.07) is 7.28. The molecular weight excluding hydrogens is 204 g/mol. The summed E-state index contributed by atoms with van der Waals surface area (Å²) in [7, 11) is 1.61. The van der Waals surface area contributed by atoms with Gasteiger partial charge in [-0.15, -0.1) is 0 Å². The van der Waals surface area contributed by atoms with Crippen molar-refractivity contribution in [2.45, 2.75) is 12.8 Å². The largest absolute Gasteiger partial charge is 0.497 e. The van der Waals surface area contributed by atoms with Crippen molar-refractivity contribution >= 4 is 11.6 Å². The highest BCUT2D eigenvalue weighted by atomic mass is 16.5. The van der Waals surface area contributed by atoms with E-state index in [1.165, 1.54) is 0 Å². The van der Waals surface area contributed by atoms with Crippen molar-refractivity contribution < 1.29 is 9.53 Å². The molecule has 0 saturated heterocycles. The number of methoxy groups -OCH3 is 1. The van der Waals surface area contributed by atoms with Crippen LogP contribution in [0.3, 0.4) is 0 Å². The number of nitrogens with two attached hydrogens (primary N) is 1. The molecule has 0 heterocycles. The molecule has 4 nitrogen and oxygen atoms in total. The monoisotopic (exact) mass is 220 g/mol. The first kappa shape index (κ1) is 11.0. The van der Waals surface area contributed by atoms with Gasteiger partial charge >= 0.3 is 0 Å². The average Bonchev–Trinajstić information content (AvgIpc) is 3.11. The highest BCUT2D eigenvalue weighted by Gasteiger charge is 2.48. The summed E-state index contributed by atoms with van der Waals surface area (Å²) in [4.78, 5) is 11.9. The van der Waals surface area contributed by atoms with Crippen LogP contribution in [0.5, 0.6) is 5.75 Å². The number of rotatable bonds is 4. The first-order chi connectivity index (χ1) is 7.70. The third kappa shape index (κ3) is 2.02. The van der Waals surface area contributed by atoms with Crippen molar-refractivity contribution in [3.05, 3.63) is 24.3 Å². The lowest BCUT2D eigenvalue weighted by atomic mass is 10.1. The molecule has 0 bridgehead atoms. The zero-order valence-corrected chi connectivity index (χ0v) is 9.32. The van der Waals surface area contributed by atoms with Crippen LogP contribution < -0.4 is 15.8 Å². The number of ether oxygens (including phenoxy) is 1. The Morgan fingerprint density at radius 1 is 1.44 bits per heavy atom. The molecule has 3 N–H and O–H groups in total. The van der Waals surface area contributed by atoms with Crippen LogP contribution in [0, 0.1) is 5.41 Å². The van der Waals surface area contributed by atoms with E-state index >= 15 is 0 Å². The van der Waals surface area contributed by atoms with Gasteiger partial charge in [0.2, 0.25) is 5.91 Å². The van der Waals surface area contributed by atoms with Gasteiger partial charge in [0.1, 0.15) is 5.75 Å². The fourth-order valence-electron chi connectivity index (χ4n) is 1.61. The van der Waals surface area contributed by atoms with E-state index in [1.54, 1.807) is 7.11 Å². The Hall–Kier alpha value is -1.55. The molecule has 86 valence electrons. The van der Waals surface area contributed by atoms with Crippen LogP contribution in [0.25, 0.3) is 0 Å². The minimum Gasteiger partial charge on any atom is -0.497 e. The summed E-state index contributed by atoms with van der Waals surface area (Å²) in [6.45, 7) is 0.426. The van der Waals surface area contributed by atoms with E-state index in [2.05, 4.69) is 5.32 Å². The summed E-state index contributed by atoms with van der Waals surface area (Å²) in [5, 5.41) is 2.87. The number of carbonyl (C=O) groups excluding carboxylic acids is 1. The fourth-order valence-corrected chi connectivity index (χ4v) is 1.61. The topological polar surface area (TPSA) is 64.3 Å². The Labute approximate surface area is 94.8 Å². The fraction of sp³-hybridized carbons (Fsp3) is 0.417. The molecule has 1 aromatic rings. The Balaban J connectivity index is 2.01. The first-order valence-corrected chi connectivity index (χ1v) is 5.36. The van der Waals surface area contributed by atoms with Crippen LogP contribution in [-0.4, -0.2) is 19.6 Å². The summed E-state index contributed by atoms with van der Waals surface area (Å²) in [5.41, 5.74) is 6.07. The Bertz CT molecular complexity index is 383. The van der Waals surface area contributed by atoms with Crippen LogP contribution in [-0.2, 0) is 4.79 Å². The van der Waals surface area contributed by atoms with E-state index in [1.807, 2.05) is 24.3 Å². The number of carbonyl (C=O) groups is 1. The van der Waals surface area contributed by atoms with Gasteiger partial charge in [0.25, 0.3) is 0 Å². The summed E-state index contributed by atoms with van der Waals surface area (Å²) >= 11 is 0. The lowest BCUT2D eigenvalue weighted by molar-refractivity contribution is -0.120. The van der Waals surface area contributed by atoms with Crippen LogP contribution in [0.1, 0.15) is 12.8 Å². The smallest absolute Gasteiger partial charge is 0.231 e. The molecule has 1 aliphatic rings. The third-order valence-electron chi connectivity index (χ3n) is 3.07. The van der Waals surface area contributed by atoms with Gasteiger partial charge in [-0.2, -0.15) is 0 Å². The van der Waals surface area contributed by atoms with Gasteiger partial charge < -0.3 is 15.8 Å². The van der Waals surface area contributed by atoms with Crippen molar-refractivity contribution in [2.75, 3.05) is 19.0 Å². The highest BCUT2D eigenvalue weighted by molar-refractivity contribution is 5.97. The second-order valence-corrected chi connectivity index (χ2v) is 4.17. The van der Waals surface area contributed by atoms with Gasteiger partial charge in [0.05, 0.1) is 12.5 Å². The molecule has 0 spiro atoms. The Morgan fingerprint density at radius 3 is 2.50 bits per heavy atom. The third-order valence-corrected chi connectivity index (χ3v) is 3.07. The molecule has 0 radical (unpaired) electrons. The van der Waals surface area contributed by atoms with Gasteiger partial charge in [-0.05, 0) is 37.1 Å². The summed E-state index contributed by atoms with van der Waals surface area (Å²) in [6.07, 6.45) is 1.79. The minimum atomic E-state index is -0.306. The van der Waals surface area contributed by atoms with E-state index in [9.17, 15) is 4.79 Å². The average molecular weight is 220 g/mol. The molecule has 1 saturated carbocycles. The van der Waals surface area contributed by atoms with E-state index in [4.69, 9.17) is 10.5 Å². The van der Waals surface area contributed by atoms with Crippen molar-refractivity contribution in [3.8, 4) is 5.75 Å². The van der Waals surface area contributed by atoms with E-state index in [0.717, 1.165) is 24.3 Å². The predicted octanol–water partition coefficient (Wildman–Crippen LogP) is 1.37. The lowest BCUT2D eigenvalue weighted by Gasteiger charge is -2.12. The molecule has 2 rings (SSSR count). The zero-order chi connectivity index (χ0) is 11.6. The normalized spacial score (nSPS) is 16.6. The highest BCUT2D eigenvalue weighted by Crippen LogP contribution is 2.45. The van der Waals surface area contributed by atoms with Crippen LogP contribution in [0.2, 0.25) is 0 Å².